The van der Waals surface area contributed by atoms with E-state index in [4.69, 9.17) is 4.74 Å². The van der Waals surface area contributed by atoms with Gasteiger partial charge < -0.3 is 10.1 Å². The summed E-state index contributed by atoms with van der Waals surface area (Å²) >= 11 is 0. The molecule has 0 fully saturated rings. The smallest absolute Gasteiger partial charge is 0.359 e. The van der Waals surface area contributed by atoms with Gasteiger partial charge in [-0.1, -0.05) is 25.1 Å². The summed E-state index contributed by atoms with van der Waals surface area (Å²) in [5.74, 6) is -1.10. The van der Waals surface area contributed by atoms with Crippen molar-refractivity contribution in [3.63, 3.8) is 0 Å². The number of nitrogens with one attached hydrogen (secondary N) is 1. The van der Waals surface area contributed by atoms with E-state index in [2.05, 4.69) is 10.4 Å². The van der Waals surface area contributed by atoms with Crippen molar-refractivity contribution in [2.75, 3.05) is 13.2 Å². The van der Waals surface area contributed by atoms with Crippen LogP contribution >= 0.6 is 0 Å². The molecule has 7 heteroatoms. The number of ether oxygens (including phenoxy) is 1. The maximum atomic E-state index is 12.4. The van der Waals surface area contributed by atoms with Gasteiger partial charge in [0, 0.05) is 11.9 Å². The van der Waals surface area contributed by atoms with Crippen LogP contribution in [0.4, 0.5) is 0 Å². The molecular formula is C17H21N3O4. The first-order valence-electron chi connectivity index (χ1n) is 7.91. The van der Waals surface area contributed by atoms with E-state index in [1.165, 1.54) is 4.68 Å². The monoisotopic (exact) mass is 331 g/mol. The molecule has 0 spiro atoms. The topological polar surface area (TPSA) is 90.3 Å². The van der Waals surface area contributed by atoms with Gasteiger partial charge in [0.15, 0.2) is 12.3 Å². The molecule has 0 radical (unpaired) electrons. The number of carbonyl (C=O) groups excluding carboxylic acids is 2. The molecule has 1 heterocycles. The zero-order valence-electron chi connectivity index (χ0n) is 14.0. The second-order valence-corrected chi connectivity index (χ2v) is 5.66. The van der Waals surface area contributed by atoms with E-state index in [0.29, 0.717) is 17.3 Å². The molecule has 0 aliphatic rings. The second kappa shape index (κ2) is 7.72. The fraction of sp³-hybridized carbons (Fsp3) is 0.412. The van der Waals surface area contributed by atoms with Crippen molar-refractivity contribution in [2.24, 2.45) is 0 Å². The van der Waals surface area contributed by atoms with E-state index in [9.17, 15) is 14.4 Å². The molecule has 1 N–H and O–H groups in total. The van der Waals surface area contributed by atoms with Crippen LogP contribution in [0, 0.1) is 0 Å². The van der Waals surface area contributed by atoms with Crippen molar-refractivity contribution in [3.05, 3.63) is 40.3 Å². The number of benzene rings is 1. The molecule has 0 bridgehead atoms. The maximum absolute atomic E-state index is 12.4. The minimum atomic E-state index is -0.729. The van der Waals surface area contributed by atoms with E-state index < -0.39 is 5.97 Å². The molecule has 0 aliphatic heterocycles. The third-order valence-corrected chi connectivity index (χ3v) is 3.42. The Kier molecular flexibility index (Phi) is 5.68. The number of hydrogen-bond acceptors (Lipinski definition) is 5. The predicted molar refractivity (Wildman–Crippen MR) is 90.0 cm³/mol. The van der Waals surface area contributed by atoms with Gasteiger partial charge in [-0.05, 0) is 26.3 Å². The van der Waals surface area contributed by atoms with Gasteiger partial charge in [0.25, 0.3) is 11.5 Å². The molecule has 1 aromatic carbocycles. The van der Waals surface area contributed by atoms with Gasteiger partial charge in [-0.15, -0.1) is 0 Å². The van der Waals surface area contributed by atoms with Gasteiger partial charge in [-0.2, -0.15) is 5.10 Å². The first-order chi connectivity index (χ1) is 11.5. The number of fused-ring (bicyclic) bond motifs is 1. The van der Waals surface area contributed by atoms with Gasteiger partial charge in [-0.3, -0.25) is 9.59 Å². The van der Waals surface area contributed by atoms with Crippen LogP contribution in [-0.4, -0.2) is 34.8 Å². The summed E-state index contributed by atoms with van der Waals surface area (Å²) in [6.45, 7) is 5.68. The number of hydrogen-bond donors (Lipinski definition) is 1. The molecule has 0 unspecified atom stereocenters. The van der Waals surface area contributed by atoms with Crippen molar-refractivity contribution in [1.29, 1.82) is 0 Å². The Morgan fingerprint density at radius 3 is 2.54 bits per heavy atom. The molecule has 24 heavy (non-hydrogen) atoms. The maximum Gasteiger partial charge on any atom is 0.359 e. The highest BCUT2D eigenvalue weighted by Gasteiger charge is 2.19. The first kappa shape index (κ1) is 17.7. The van der Waals surface area contributed by atoms with Crippen LogP contribution in [0.2, 0.25) is 0 Å². The average molecular weight is 331 g/mol. The molecule has 0 saturated carbocycles. The van der Waals surface area contributed by atoms with Crippen LogP contribution in [0.1, 0.15) is 43.7 Å². The van der Waals surface area contributed by atoms with Crippen molar-refractivity contribution in [3.8, 4) is 0 Å². The Hall–Kier alpha value is -2.70. The summed E-state index contributed by atoms with van der Waals surface area (Å²) in [5.41, 5.74) is -0.236. The largest absolute Gasteiger partial charge is 0.451 e. The summed E-state index contributed by atoms with van der Waals surface area (Å²) < 4.78 is 6.29. The first-order valence-corrected chi connectivity index (χ1v) is 7.91. The van der Waals surface area contributed by atoms with Crippen molar-refractivity contribution >= 4 is 22.6 Å². The Morgan fingerprint density at radius 1 is 1.25 bits per heavy atom. The summed E-state index contributed by atoms with van der Waals surface area (Å²) in [6, 6.07) is 6.52. The third-order valence-electron chi connectivity index (χ3n) is 3.42. The van der Waals surface area contributed by atoms with Gasteiger partial charge in [0.1, 0.15) is 0 Å². The fourth-order valence-corrected chi connectivity index (χ4v) is 2.22. The molecule has 2 rings (SSSR count). The van der Waals surface area contributed by atoms with Crippen LogP contribution in [0.15, 0.2) is 29.1 Å². The zero-order valence-corrected chi connectivity index (χ0v) is 14.0. The van der Waals surface area contributed by atoms with Crippen LogP contribution in [0.5, 0.6) is 0 Å². The molecular weight excluding hydrogens is 310 g/mol. The van der Waals surface area contributed by atoms with Crippen LogP contribution in [0.25, 0.3) is 10.8 Å². The molecule has 2 aromatic rings. The lowest BCUT2D eigenvalue weighted by Crippen LogP contribution is -2.31. The van der Waals surface area contributed by atoms with E-state index in [1.54, 1.807) is 38.1 Å². The summed E-state index contributed by atoms with van der Waals surface area (Å²) in [7, 11) is 0. The summed E-state index contributed by atoms with van der Waals surface area (Å²) in [6.07, 6.45) is 0.797. The minimum absolute atomic E-state index is 0.0298. The van der Waals surface area contributed by atoms with E-state index >= 15 is 0 Å². The van der Waals surface area contributed by atoms with Crippen LogP contribution in [0.3, 0.4) is 0 Å². The standard InChI is InChI=1S/C17H21N3O4/c1-4-9-18-14(21)10-24-17(23)15-12-7-5-6-8-13(12)16(22)20(19-15)11(2)3/h5-8,11H,4,9-10H2,1-3H3,(H,18,21). The average Bonchev–Trinajstić information content (AvgIpc) is 2.58. The van der Waals surface area contributed by atoms with Crippen molar-refractivity contribution in [2.45, 2.75) is 33.2 Å². The molecule has 1 amide bonds. The van der Waals surface area contributed by atoms with Gasteiger partial charge in [0.2, 0.25) is 0 Å². The summed E-state index contributed by atoms with van der Waals surface area (Å²) in [4.78, 5) is 36.3. The van der Waals surface area contributed by atoms with Gasteiger partial charge in [0.05, 0.1) is 11.4 Å². The van der Waals surface area contributed by atoms with Crippen LogP contribution < -0.4 is 10.9 Å². The number of amides is 1. The Bertz CT molecular complexity index is 811. The Morgan fingerprint density at radius 2 is 1.92 bits per heavy atom. The lowest BCUT2D eigenvalue weighted by Gasteiger charge is -2.13. The van der Waals surface area contributed by atoms with Crippen molar-refractivity contribution < 1.29 is 14.3 Å². The number of carbonyl (C=O) groups is 2. The highest BCUT2D eigenvalue weighted by atomic mass is 16.5. The highest BCUT2D eigenvalue weighted by Crippen LogP contribution is 2.15. The second-order valence-electron chi connectivity index (χ2n) is 5.66. The van der Waals surface area contributed by atoms with E-state index in [-0.39, 0.29) is 29.8 Å². The number of aromatic nitrogens is 2. The third kappa shape index (κ3) is 3.79. The lowest BCUT2D eigenvalue weighted by atomic mass is 10.1. The van der Waals surface area contributed by atoms with Crippen LogP contribution in [-0.2, 0) is 9.53 Å². The van der Waals surface area contributed by atoms with Gasteiger partial charge >= 0.3 is 5.97 Å². The molecule has 0 saturated heterocycles. The molecule has 7 nitrogen and oxygen atoms in total. The quantitative estimate of drug-likeness (QED) is 0.813. The van der Waals surface area contributed by atoms with Gasteiger partial charge in [-0.25, -0.2) is 9.48 Å². The van der Waals surface area contributed by atoms with Crippen molar-refractivity contribution in [1.82, 2.24) is 15.1 Å². The van der Waals surface area contributed by atoms with E-state index in [0.717, 1.165) is 6.42 Å². The Labute approximate surface area is 139 Å². The molecule has 0 aliphatic carbocycles. The fourth-order valence-electron chi connectivity index (χ4n) is 2.22. The molecule has 0 atom stereocenters. The number of esters is 1. The predicted octanol–water partition coefficient (Wildman–Crippen LogP) is 1.66. The molecule has 1 aromatic heterocycles. The zero-order chi connectivity index (χ0) is 17.7. The highest BCUT2D eigenvalue weighted by molar-refractivity contribution is 6.02. The number of rotatable bonds is 6. The normalized spacial score (nSPS) is 10.8. The Balaban J connectivity index is 2.34. The molecule has 128 valence electrons. The lowest BCUT2D eigenvalue weighted by molar-refractivity contribution is -0.124. The number of nitrogens with zero attached hydrogens (tertiary/aromatic N) is 2. The summed E-state index contributed by atoms with van der Waals surface area (Å²) in [5, 5.41) is 7.57. The minimum Gasteiger partial charge on any atom is -0.451 e. The van der Waals surface area contributed by atoms with E-state index in [1.807, 2.05) is 6.92 Å². The SMILES string of the molecule is CCCNC(=O)COC(=O)c1nn(C(C)C)c(=O)c2ccccc12.